The lowest BCUT2D eigenvalue weighted by Gasteiger charge is -2.37. The zero-order valence-corrected chi connectivity index (χ0v) is 16.4. The van der Waals surface area contributed by atoms with E-state index in [1.54, 1.807) is 11.8 Å². The van der Waals surface area contributed by atoms with Crippen molar-refractivity contribution >= 4 is 29.4 Å². The van der Waals surface area contributed by atoms with E-state index in [-0.39, 0.29) is 13.2 Å². The van der Waals surface area contributed by atoms with Crippen molar-refractivity contribution in [2.24, 2.45) is 0 Å². The van der Waals surface area contributed by atoms with Crippen molar-refractivity contribution in [1.82, 2.24) is 4.90 Å². The molecule has 0 atom stereocenters. The number of anilines is 1. The smallest absolute Gasteiger partial charge is 0.396 e. The van der Waals surface area contributed by atoms with E-state index in [4.69, 9.17) is 10.4 Å². The van der Waals surface area contributed by atoms with Gasteiger partial charge in [0.15, 0.2) is 0 Å². The van der Waals surface area contributed by atoms with E-state index < -0.39 is 40.5 Å². The quantitative estimate of drug-likeness (QED) is 0.575. The molecule has 1 spiro atoms. The molecule has 2 aliphatic rings. The normalized spacial score (nSPS) is 19.1. The standard InChI is InChI=1S/C19H20F3N3O3S/c20-19(21,22)15-13(12-23)4-3-5-14(15)25-16(27)18(6-10-29-11-7-18)24(17(25)28)8-1-2-9-26/h3-5,26H,1-2,6-11H2. The van der Waals surface area contributed by atoms with Crippen molar-refractivity contribution in [3.8, 4) is 6.07 Å². The molecule has 2 fully saturated rings. The number of carbonyl (C=O) groups is 2. The second-order valence-corrected chi connectivity index (χ2v) is 8.18. The molecule has 2 saturated heterocycles. The molecule has 2 heterocycles. The predicted octanol–water partition coefficient (Wildman–Crippen LogP) is 3.38. The maximum absolute atomic E-state index is 13.7. The number of aliphatic hydroxyl groups excluding tert-OH is 1. The largest absolute Gasteiger partial charge is 0.419 e. The van der Waals surface area contributed by atoms with Gasteiger partial charge in [0, 0.05) is 13.2 Å². The number of urea groups is 1. The summed E-state index contributed by atoms with van der Waals surface area (Å²) in [4.78, 5) is 28.5. The minimum absolute atomic E-state index is 0.0784. The van der Waals surface area contributed by atoms with Gasteiger partial charge in [-0.15, -0.1) is 0 Å². The Hall–Kier alpha value is -2.25. The van der Waals surface area contributed by atoms with Gasteiger partial charge in [-0.25, -0.2) is 9.69 Å². The number of nitrogens with zero attached hydrogens (tertiary/aromatic N) is 3. The first-order chi connectivity index (χ1) is 13.8. The molecule has 1 aromatic carbocycles. The molecule has 0 aliphatic carbocycles. The van der Waals surface area contributed by atoms with Crippen molar-refractivity contribution in [2.75, 3.05) is 29.6 Å². The second-order valence-electron chi connectivity index (χ2n) is 6.96. The van der Waals surface area contributed by atoms with Crippen LogP contribution in [0.1, 0.15) is 36.8 Å². The van der Waals surface area contributed by atoms with Gasteiger partial charge in [-0.1, -0.05) is 6.07 Å². The molecular weight excluding hydrogens is 407 g/mol. The average Bonchev–Trinajstić information content (AvgIpc) is 2.88. The maximum atomic E-state index is 13.7. The summed E-state index contributed by atoms with van der Waals surface area (Å²) >= 11 is 1.63. The molecule has 29 heavy (non-hydrogen) atoms. The highest BCUT2D eigenvalue weighted by Gasteiger charge is 2.58. The topological polar surface area (TPSA) is 84.6 Å². The first kappa shape index (κ1) is 21.5. The van der Waals surface area contributed by atoms with Crippen LogP contribution in [0.25, 0.3) is 0 Å². The third kappa shape index (κ3) is 3.69. The Labute approximate surface area is 170 Å². The van der Waals surface area contributed by atoms with Crippen LogP contribution in [0, 0.1) is 11.3 Å². The summed E-state index contributed by atoms with van der Waals surface area (Å²) in [5, 5.41) is 18.2. The highest BCUT2D eigenvalue weighted by atomic mass is 32.2. The van der Waals surface area contributed by atoms with Gasteiger partial charge in [0.1, 0.15) is 5.54 Å². The van der Waals surface area contributed by atoms with Gasteiger partial charge in [0.2, 0.25) is 0 Å². The lowest BCUT2D eigenvalue weighted by molar-refractivity contribution is -0.137. The van der Waals surface area contributed by atoms with Crippen molar-refractivity contribution in [3.63, 3.8) is 0 Å². The summed E-state index contributed by atoms with van der Waals surface area (Å²) in [6.07, 6.45) is -3.33. The van der Waals surface area contributed by atoms with Crippen molar-refractivity contribution in [2.45, 2.75) is 37.4 Å². The van der Waals surface area contributed by atoms with Gasteiger partial charge >= 0.3 is 12.2 Å². The van der Waals surface area contributed by atoms with Crippen LogP contribution in [-0.4, -0.2) is 52.1 Å². The number of alkyl halides is 3. The average molecular weight is 427 g/mol. The fourth-order valence-electron chi connectivity index (χ4n) is 3.93. The lowest BCUT2D eigenvalue weighted by atomic mass is 9.90. The SMILES string of the molecule is N#Cc1cccc(N2C(=O)N(CCCCO)C3(CCSCC3)C2=O)c1C(F)(F)F. The van der Waals surface area contributed by atoms with E-state index in [9.17, 15) is 22.8 Å². The van der Waals surface area contributed by atoms with Crippen LogP contribution in [-0.2, 0) is 11.0 Å². The van der Waals surface area contributed by atoms with Crippen LogP contribution in [0.5, 0.6) is 0 Å². The van der Waals surface area contributed by atoms with Crippen LogP contribution in [0.4, 0.5) is 23.7 Å². The monoisotopic (exact) mass is 427 g/mol. The fourth-order valence-corrected chi connectivity index (χ4v) is 5.10. The van der Waals surface area contributed by atoms with E-state index in [0.717, 1.165) is 12.1 Å². The zero-order valence-electron chi connectivity index (χ0n) is 15.5. The van der Waals surface area contributed by atoms with Gasteiger partial charge in [0.25, 0.3) is 5.91 Å². The molecule has 3 amide bonds. The molecule has 3 rings (SSSR count). The molecule has 156 valence electrons. The van der Waals surface area contributed by atoms with Crippen molar-refractivity contribution in [3.05, 3.63) is 29.3 Å². The highest BCUT2D eigenvalue weighted by molar-refractivity contribution is 7.99. The number of imide groups is 1. The summed E-state index contributed by atoms with van der Waals surface area (Å²) < 4.78 is 41.2. The van der Waals surface area contributed by atoms with E-state index in [1.807, 2.05) is 0 Å². The van der Waals surface area contributed by atoms with E-state index in [0.29, 0.717) is 42.1 Å². The van der Waals surface area contributed by atoms with Gasteiger partial charge in [-0.2, -0.15) is 30.2 Å². The molecule has 2 aliphatic heterocycles. The van der Waals surface area contributed by atoms with E-state index in [1.165, 1.54) is 17.0 Å². The van der Waals surface area contributed by atoms with Crippen LogP contribution in [0.2, 0.25) is 0 Å². The van der Waals surface area contributed by atoms with Crippen LogP contribution < -0.4 is 4.90 Å². The molecule has 10 heteroatoms. The van der Waals surface area contributed by atoms with Crippen LogP contribution >= 0.6 is 11.8 Å². The molecule has 0 saturated carbocycles. The Morgan fingerprint density at radius 3 is 2.48 bits per heavy atom. The second kappa shape index (κ2) is 8.24. The van der Waals surface area contributed by atoms with Gasteiger partial charge in [-0.3, -0.25) is 4.79 Å². The van der Waals surface area contributed by atoms with Gasteiger partial charge in [-0.05, 0) is 49.3 Å². The number of benzene rings is 1. The number of thioether (sulfide) groups is 1. The maximum Gasteiger partial charge on any atom is 0.419 e. The number of nitriles is 1. The summed E-state index contributed by atoms with van der Waals surface area (Å²) in [6.45, 7) is 0.0938. The number of hydrogen-bond acceptors (Lipinski definition) is 5. The number of aliphatic hydroxyl groups is 1. The van der Waals surface area contributed by atoms with Crippen molar-refractivity contribution < 1.29 is 27.9 Å². The predicted molar refractivity (Wildman–Crippen MR) is 101 cm³/mol. The third-order valence-electron chi connectivity index (χ3n) is 5.34. The lowest BCUT2D eigenvalue weighted by Crippen LogP contribution is -2.52. The Morgan fingerprint density at radius 2 is 1.90 bits per heavy atom. The molecule has 6 nitrogen and oxygen atoms in total. The number of amides is 3. The van der Waals surface area contributed by atoms with Crippen molar-refractivity contribution in [1.29, 1.82) is 5.26 Å². The third-order valence-corrected chi connectivity index (χ3v) is 6.32. The molecule has 0 unspecified atom stereocenters. The van der Waals surface area contributed by atoms with Gasteiger partial charge in [0.05, 0.1) is 22.9 Å². The minimum Gasteiger partial charge on any atom is -0.396 e. The van der Waals surface area contributed by atoms with Crippen LogP contribution in [0.3, 0.4) is 0 Å². The first-order valence-electron chi connectivity index (χ1n) is 9.23. The number of hydrogen-bond donors (Lipinski definition) is 1. The van der Waals surface area contributed by atoms with Gasteiger partial charge < -0.3 is 10.0 Å². The highest BCUT2D eigenvalue weighted by Crippen LogP contribution is 2.45. The summed E-state index contributed by atoms with van der Waals surface area (Å²) in [7, 11) is 0. The Kier molecular flexibility index (Phi) is 6.10. The molecule has 0 bridgehead atoms. The number of halogens is 3. The Bertz CT molecular complexity index is 847. The fraction of sp³-hybridized carbons (Fsp3) is 0.526. The molecule has 0 aromatic heterocycles. The zero-order chi connectivity index (χ0) is 21.2. The number of carbonyl (C=O) groups excluding carboxylic acids is 2. The summed E-state index contributed by atoms with van der Waals surface area (Å²) in [5.41, 5.74) is -3.69. The molecule has 0 radical (unpaired) electrons. The Balaban J connectivity index is 2.10. The first-order valence-corrected chi connectivity index (χ1v) is 10.4. The summed E-state index contributed by atoms with van der Waals surface area (Å²) in [5.74, 6) is 0.564. The number of rotatable bonds is 5. The molecular formula is C19H20F3N3O3S. The number of unbranched alkanes of at least 4 members (excludes halogenated alkanes) is 1. The molecule has 1 aromatic rings. The van der Waals surface area contributed by atoms with E-state index in [2.05, 4.69) is 0 Å². The van der Waals surface area contributed by atoms with Crippen LogP contribution in [0.15, 0.2) is 18.2 Å². The summed E-state index contributed by atoms with van der Waals surface area (Å²) in [6, 6.07) is 4.01. The molecule has 1 N–H and O–H groups in total. The Morgan fingerprint density at radius 1 is 1.21 bits per heavy atom. The van der Waals surface area contributed by atoms with E-state index >= 15 is 0 Å². The minimum atomic E-state index is -4.90.